The highest BCUT2D eigenvalue weighted by Gasteiger charge is 2.05. The van der Waals surface area contributed by atoms with Crippen molar-refractivity contribution >= 4 is 0 Å². The van der Waals surface area contributed by atoms with Crippen LogP contribution < -0.4 is 5.32 Å². The summed E-state index contributed by atoms with van der Waals surface area (Å²) in [5.41, 5.74) is 1.21. The second-order valence-corrected chi connectivity index (χ2v) is 3.28. The van der Waals surface area contributed by atoms with Gasteiger partial charge in [-0.05, 0) is 36.3 Å². The van der Waals surface area contributed by atoms with Crippen LogP contribution in [0.15, 0.2) is 23.9 Å². The summed E-state index contributed by atoms with van der Waals surface area (Å²) in [6.07, 6.45) is 6.19. The van der Waals surface area contributed by atoms with Crippen molar-refractivity contribution < 1.29 is 5.11 Å². The van der Waals surface area contributed by atoms with E-state index in [4.69, 9.17) is 5.11 Å². The monoisotopic (exact) mass is 153 g/mol. The first-order valence-corrected chi connectivity index (χ1v) is 4.00. The van der Waals surface area contributed by atoms with E-state index in [1.165, 1.54) is 5.57 Å². The minimum Gasteiger partial charge on any atom is -0.370 e. The van der Waals surface area contributed by atoms with E-state index in [0.29, 0.717) is 5.92 Å². The van der Waals surface area contributed by atoms with Crippen LogP contribution in [0.4, 0.5) is 0 Å². The lowest BCUT2D eigenvalue weighted by Gasteiger charge is -2.14. The number of aliphatic hydroxyl groups is 1. The summed E-state index contributed by atoms with van der Waals surface area (Å²) in [5.74, 6) is 0.649. The number of allylic oxidation sites excluding steroid dienone is 2. The molecule has 0 bridgehead atoms. The molecule has 1 heterocycles. The lowest BCUT2D eigenvalue weighted by molar-refractivity contribution is 0.199. The number of hydrogen-bond acceptors (Lipinski definition) is 2. The molecule has 2 heteroatoms. The van der Waals surface area contributed by atoms with Gasteiger partial charge in [0.15, 0.2) is 0 Å². The van der Waals surface area contributed by atoms with Crippen LogP contribution in [0.2, 0.25) is 0 Å². The topological polar surface area (TPSA) is 32.3 Å². The molecule has 0 aliphatic carbocycles. The summed E-state index contributed by atoms with van der Waals surface area (Å²) < 4.78 is 0. The van der Waals surface area contributed by atoms with Crippen molar-refractivity contribution in [3.8, 4) is 0 Å². The van der Waals surface area contributed by atoms with Crippen molar-refractivity contribution in [1.82, 2.24) is 5.32 Å². The quantitative estimate of drug-likeness (QED) is 0.628. The molecule has 0 saturated carbocycles. The van der Waals surface area contributed by atoms with Gasteiger partial charge in [0.05, 0.1) is 0 Å². The third kappa shape index (κ3) is 2.76. The maximum absolute atomic E-state index is 9.15. The summed E-state index contributed by atoms with van der Waals surface area (Å²) >= 11 is 0. The van der Waals surface area contributed by atoms with Crippen molar-refractivity contribution in [2.75, 3.05) is 0 Å². The molecule has 1 atom stereocenters. The molecule has 2 N–H and O–H groups in total. The number of nitrogens with one attached hydrogen (secondary N) is 1. The zero-order valence-electron chi connectivity index (χ0n) is 7.04. The van der Waals surface area contributed by atoms with Gasteiger partial charge in [-0.25, -0.2) is 0 Å². The predicted octanol–water partition coefficient (Wildman–Crippen LogP) is 1.39. The maximum Gasteiger partial charge on any atom is 0.143 e. The summed E-state index contributed by atoms with van der Waals surface area (Å²) in [6, 6.07) is 0. The van der Waals surface area contributed by atoms with Crippen molar-refractivity contribution in [2.45, 2.75) is 26.5 Å². The molecule has 1 rings (SSSR count). The Hall–Kier alpha value is -0.760. The van der Waals surface area contributed by atoms with Crippen LogP contribution in [0.5, 0.6) is 0 Å². The highest BCUT2D eigenvalue weighted by molar-refractivity contribution is 5.23. The van der Waals surface area contributed by atoms with E-state index in [1.807, 2.05) is 12.2 Å². The summed E-state index contributed by atoms with van der Waals surface area (Å²) in [6.45, 7) is 4.34. The number of hydrogen-bond donors (Lipinski definition) is 2. The Morgan fingerprint density at radius 1 is 1.64 bits per heavy atom. The van der Waals surface area contributed by atoms with Gasteiger partial charge in [0.1, 0.15) is 6.23 Å². The molecule has 2 nitrogen and oxygen atoms in total. The molecular formula is C9H15NO. The van der Waals surface area contributed by atoms with E-state index in [1.54, 1.807) is 6.20 Å². The molecule has 11 heavy (non-hydrogen) atoms. The molecule has 0 aromatic rings. The highest BCUT2D eigenvalue weighted by Crippen LogP contribution is 2.14. The molecule has 0 aromatic heterocycles. The molecule has 1 aliphatic rings. The zero-order chi connectivity index (χ0) is 8.27. The first-order valence-electron chi connectivity index (χ1n) is 4.00. The second-order valence-electron chi connectivity index (χ2n) is 3.28. The molecule has 0 radical (unpaired) electrons. The Labute approximate surface area is 67.6 Å². The zero-order valence-corrected chi connectivity index (χ0v) is 7.04. The van der Waals surface area contributed by atoms with E-state index >= 15 is 0 Å². The van der Waals surface area contributed by atoms with Gasteiger partial charge < -0.3 is 10.4 Å². The number of rotatable bonds is 2. The Bertz CT molecular complexity index is 182. The third-order valence-corrected chi connectivity index (χ3v) is 1.58. The molecule has 0 aromatic carbocycles. The molecule has 0 fully saturated rings. The molecular weight excluding hydrogens is 138 g/mol. The fraction of sp³-hybridized carbons (Fsp3) is 0.556. The van der Waals surface area contributed by atoms with Crippen molar-refractivity contribution in [2.24, 2.45) is 5.92 Å². The largest absolute Gasteiger partial charge is 0.370 e. The molecule has 0 spiro atoms. The molecule has 62 valence electrons. The Morgan fingerprint density at radius 3 is 2.91 bits per heavy atom. The SMILES string of the molecule is CC(C)CC1=CC(O)NC=C1. The van der Waals surface area contributed by atoms with E-state index in [2.05, 4.69) is 19.2 Å². The summed E-state index contributed by atoms with van der Waals surface area (Å²) in [4.78, 5) is 0. The van der Waals surface area contributed by atoms with Gasteiger partial charge in [-0.15, -0.1) is 0 Å². The van der Waals surface area contributed by atoms with Gasteiger partial charge >= 0.3 is 0 Å². The summed E-state index contributed by atoms with van der Waals surface area (Å²) in [5, 5.41) is 11.9. The van der Waals surface area contributed by atoms with Crippen LogP contribution in [0.3, 0.4) is 0 Å². The van der Waals surface area contributed by atoms with Crippen LogP contribution in [0.25, 0.3) is 0 Å². The highest BCUT2D eigenvalue weighted by atomic mass is 16.3. The van der Waals surface area contributed by atoms with Crippen molar-refractivity contribution in [1.29, 1.82) is 0 Å². The Morgan fingerprint density at radius 2 is 2.36 bits per heavy atom. The standard InChI is InChI=1S/C9H15NO/c1-7(2)5-8-3-4-10-9(11)6-8/h3-4,6-7,9-11H,5H2,1-2H3. The van der Waals surface area contributed by atoms with Crippen LogP contribution in [0.1, 0.15) is 20.3 Å². The first kappa shape index (κ1) is 8.34. The fourth-order valence-corrected chi connectivity index (χ4v) is 1.17. The van der Waals surface area contributed by atoms with Gasteiger partial charge in [0.2, 0.25) is 0 Å². The van der Waals surface area contributed by atoms with Gasteiger partial charge in [0, 0.05) is 0 Å². The lowest BCUT2D eigenvalue weighted by atomic mass is 10.0. The third-order valence-electron chi connectivity index (χ3n) is 1.58. The summed E-state index contributed by atoms with van der Waals surface area (Å²) in [7, 11) is 0. The Kier molecular flexibility index (Phi) is 2.71. The Balaban J connectivity index is 2.50. The second kappa shape index (κ2) is 3.58. The minimum absolute atomic E-state index is 0.492. The maximum atomic E-state index is 9.15. The number of aliphatic hydroxyl groups excluding tert-OH is 1. The first-order chi connectivity index (χ1) is 5.18. The van der Waals surface area contributed by atoms with Gasteiger partial charge in [-0.2, -0.15) is 0 Å². The van der Waals surface area contributed by atoms with Crippen LogP contribution in [-0.4, -0.2) is 11.3 Å². The van der Waals surface area contributed by atoms with Crippen LogP contribution in [0, 0.1) is 5.92 Å². The van der Waals surface area contributed by atoms with E-state index < -0.39 is 6.23 Å². The molecule has 0 saturated heterocycles. The van der Waals surface area contributed by atoms with Crippen molar-refractivity contribution in [3.63, 3.8) is 0 Å². The van der Waals surface area contributed by atoms with Crippen molar-refractivity contribution in [3.05, 3.63) is 23.9 Å². The normalized spacial score (nSPS) is 23.3. The predicted molar refractivity (Wildman–Crippen MR) is 45.8 cm³/mol. The fourth-order valence-electron chi connectivity index (χ4n) is 1.17. The molecule has 1 aliphatic heterocycles. The van der Waals surface area contributed by atoms with Gasteiger partial charge in [-0.1, -0.05) is 13.8 Å². The van der Waals surface area contributed by atoms with Crippen LogP contribution in [-0.2, 0) is 0 Å². The molecule has 0 amide bonds. The van der Waals surface area contributed by atoms with E-state index in [-0.39, 0.29) is 0 Å². The van der Waals surface area contributed by atoms with Gasteiger partial charge in [0.25, 0.3) is 0 Å². The smallest absolute Gasteiger partial charge is 0.143 e. The molecule has 1 unspecified atom stereocenters. The number of dihydropyridines is 1. The van der Waals surface area contributed by atoms with E-state index in [9.17, 15) is 0 Å². The average molecular weight is 153 g/mol. The average Bonchev–Trinajstić information content (AvgIpc) is 1.85. The minimum atomic E-state index is -0.492. The van der Waals surface area contributed by atoms with Gasteiger partial charge in [-0.3, -0.25) is 0 Å². The lowest BCUT2D eigenvalue weighted by Crippen LogP contribution is -2.23. The van der Waals surface area contributed by atoms with Crippen LogP contribution >= 0.6 is 0 Å². The van der Waals surface area contributed by atoms with E-state index in [0.717, 1.165) is 6.42 Å².